The zero-order chi connectivity index (χ0) is 13.7. The van der Waals surface area contributed by atoms with E-state index in [1.54, 1.807) is 12.1 Å². The van der Waals surface area contributed by atoms with Gasteiger partial charge in [-0.2, -0.15) is 0 Å². The van der Waals surface area contributed by atoms with Gasteiger partial charge in [-0.1, -0.05) is 24.3 Å². The molecule has 0 radical (unpaired) electrons. The van der Waals surface area contributed by atoms with Gasteiger partial charge in [0.2, 0.25) is 0 Å². The summed E-state index contributed by atoms with van der Waals surface area (Å²) in [5.41, 5.74) is 8.71. The zero-order valence-electron chi connectivity index (χ0n) is 11.1. The van der Waals surface area contributed by atoms with Gasteiger partial charge in [0.05, 0.1) is 0 Å². The monoisotopic (exact) mass is 258 g/mol. The fourth-order valence-electron chi connectivity index (χ4n) is 2.03. The molecule has 0 spiro atoms. The van der Waals surface area contributed by atoms with Crippen molar-refractivity contribution >= 4 is 5.69 Å². The van der Waals surface area contributed by atoms with E-state index >= 15 is 0 Å². The number of hydrogen-bond acceptors (Lipinski definition) is 2. The van der Waals surface area contributed by atoms with E-state index in [4.69, 9.17) is 5.73 Å². The number of nitrogens with zero attached hydrogens (tertiary/aromatic N) is 1. The Balaban J connectivity index is 1.84. The van der Waals surface area contributed by atoms with Crippen molar-refractivity contribution in [1.29, 1.82) is 0 Å². The van der Waals surface area contributed by atoms with Gasteiger partial charge in [0, 0.05) is 18.8 Å². The van der Waals surface area contributed by atoms with E-state index in [9.17, 15) is 4.39 Å². The van der Waals surface area contributed by atoms with E-state index in [1.807, 2.05) is 37.4 Å². The van der Waals surface area contributed by atoms with E-state index in [-0.39, 0.29) is 5.82 Å². The van der Waals surface area contributed by atoms with Crippen LogP contribution in [0, 0.1) is 5.82 Å². The van der Waals surface area contributed by atoms with Crippen LogP contribution in [-0.4, -0.2) is 18.5 Å². The number of rotatable bonds is 5. The molecule has 2 aromatic carbocycles. The first-order valence-electron chi connectivity index (χ1n) is 6.41. The first-order chi connectivity index (χ1) is 9.13. The Morgan fingerprint density at radius 3 is 2.47 bits per heavy atom. The molecule has 0 aliphatic carbocycles. The summed E-state index contributed by atoms with van der Waals surface area (Å²) in [7, 11) is 2.04. The minimum atomic E-state index is -0.176. The van der Waals surface area contributed by atoms with Crippen LogP contribution in [0.1, 0.15) is 11.1 Å². The van der Waals surface area contributed by atoms with Crippen molar-refractivity contribution in [3.8, 4) is 0 Å². The molecule has 2 aromatic rings. The van der Waals surface area contributed by atoms with Gasteiger partial charge in [-0.25, -0.2) is 4.39 Å². The minimum Gasteiger partial charge on any atom is -0.399 e. The molecule has 0 saturated heterocycles. The van der Waals surface area contributed by atoms with Gasteiger partial charge in [-0.05, 0) is 48.9 Å². The summed E-state index contributed by atoms with van der Waals surface area (Å²) in [6.45, 7) is 1.69. The highest BCUT2D eigenvalue weighted by Crippen LogP contribution is 2.09. The summed E-state index contributed by atoms with van der Waals surface area (Å²) in [5.74, 6) is -0.176. The summed E-state index contributed by atoms with van der Waals surface area (Å²) < 4.78 is 13.1. The van der Waals surface area contributed by atoms with E-state index in [1.165, 1.54) is 11.6 Å². The number of nitrogens with two attached hydrogens (primary N) is 1. The van der Waals surface area contributed by atoms with E-state index in [0.717, 1.165) is 30.8 Å². The fourth-order valence-corrected chi connectivity index (χ4v) is 2.03. The van der Waals surface area contributed by atoms with E-state index in [2.05, 4.69) is 4.90 Å². The third-order valence-corrected chi connectivity index (χ3v) is 3.10. The van der Waals surface area contributed by atoms with Crippen molar-refractivity contribution in [2.75, 3.05) is 19.3 Å². The molecule has 0 unspecified atom stereocenters. The number of anilines is 1. The molecule has 0 aliphatic heterocycles. The molecule has 0 saturated carbocycles. The molecule has 0 amide bonds. The van der Waals surface area contributed by atoms with Crippen molar-refractivity contribution in [1.82, 2.24) is 4.90 Å². The molecule has 100 valence electrons. The van der Waals surface area contributed by atoms with Crippen LogP contribution in [0.2, 0.25) is 0 Å². The Labute approximate surface area is 113 Å². The molecule has 19 heavy (non-hydrogen) atoms. The number of likely N-dealkylation sites (N-methyl/N-ethyl adjacent to an activating group) is 1. The Morgan fingerprint density at radius 1 is 1.05 bits per heavy atom. The predicted molar refractivity (Wildman–Crippen MR) is 77.3 cm³/mol. The van der Waals surface area contributed by atoms with Crippen molar-refractivity contribution in [3.05, 3.63) is 65.5 Å². The quantitative estimate of drug-likeness (QED) is 0.835. The van der Waals surface area contributed by atoms with Gasteiger partial charge < -0.3 is 10.6 Å². The Morgan fingerprint density at radius 2 is 1.79 bits per heavy atom. The van der Waals surface area contributed by atoms with Crippen LogP contribution in [0.25, 0.3) is 0 Å². The van der Waals surface area contributed by atoms with Crippen LogP contribution in [0.5, 0.6) is 0 Å². The lowest BCUT2D eigenvalue weighted by atomic mass is 10.1. The van der Waals surface area contributed by atoms with Crippen molar-refractivity contribution in [3.63, 3.8) is 0 Å². The molecule has 0 bridgehead atoms. The topological polar surface area (TPSA) is 29.3 Å². The van der Waals surface area contributed by atoms with Gasteiger partial charge in [0.25, 0.3) is 0 Å². The van der Waals surface area contributed by atoms with Crippen LogP contribution >= 0.6 is 0 Å². The summed E-state index contributed by atoms with van der Waals surface area (Å²) >= 11 is 0. The second-order valence-electron chi connectivity index (χ2n) is 4.86. The molecule has 3 heteroatoms. The summed E-state index contributed by atoms with van der Waals surface area (Å²) in [4.78, 5) is 2.19. The van der Waals surface area contributed by atoms with Gasteiger partial charge in [-0.3, -0.25) is 0 Å². The number of nitrogen functional groups attached to an aromatic ring is 1. The molecule has 0 aliphatic rings. The average Bonchev–Trinajstić information content (AvgIpc) is 2.38. The highest BCUT2D eigenvalue weighted by Gasteiger charge is 2.02. The molecular weight excluding hydrogens is 239 g/mol. The maximum absolute atomic E-state index is 13.1. The van der Waals surface area contributed by atoms with Crippen LogP contribution in [0.4, 0.5) is 10.1 Å². The average molecular weight is 258 g/mol. The second kappa shape index (κ2) is 6.34. The lowest BCUT2D eigenvalue weighted by Gasteiger charge is -2.16. The van der Waals surface area contributed by atoms with Crippen molar-refractivity contribution in [2.45, 2.75) is 13.0 Å². The normalized spacial score (nSPS) is 10.9. The molecule has 0 fully saturated rings. The molecular formula is C16H19FN2. The van der Waals surface area contributed by atoms with E-state index < -0.39 is 0 Å². The SMILES string of the molecule is CN(CCc1ccc(N)cc1)Cc1cccc(F)c1. The lowest BCUT2D eigenvalue weighted by molar-refractivity contribution is 0.330. The summed E-state index contributed by atoms with van der Waals surface area (Å²) in [6, 6.07) is 14.7. The number of hydrogen-bond donors (Lipinski definition) is 1. The first-order valence-corrected chi connectivity index (χ1v) is 6.41. The third-order valence-electron chi connectivity index (χ3n) is 3.10. The molecule has 0 aromatic heterocycles. The lowest BCUT2D eigenvalue weighted by Crippen LogP contribution is -2.20. The maximum atomic E-state index is 13.1. The van der Waals surface area contributed by atoms with Crippen molar-refractivity contribution < 1.29 is 4.39 Å². The Hall–Kier alpha value is -1.87. The standard InChI is InChI=1S/C16H19FN2/c1-19(12-14-3-2-4-15(17)11-14)10-9-13-5-7-16(18)8-6-13/h2-8,11H,9-10,12,18H2,1H3. The van der Waals surface area contributed by atoms with Gasteiger partial charge in [0.1, 0.15) is 5.82 Å². The zero-order valence-corrected chi connectivity index (χ0v) is 11.1. The van der Waals surface area contributed by atoms with Gasteiger partial charge >= 0.3 is 0 Å². The maximum Gasteiger partial charge on any atom is 0.123 e. The summed E-state index contributed by atoms with van der Waals surface area (Å²) in [5, 5.41) is 0. The van der Waals surface area contributed by atoms with Gasteiger partial charge in [-0.15, -0.1) is 0 Å². The predicted octanol–water partition coefficient (Wildman–Crippen LogP) is 3.08. The molecule has 2 nitrogen and oxygen atoms in total. The van der Waals surface area contributed by atoms with Gasteiger partial charge in [0.15, 0.2) is 0 Å². The van der Waals surface area contributed by atoms with Crippen LogP contribution < -0.4 is 5.73 Å². The number of benzene rings is 2. The number of halogens is 1. The first kappa shape index (κ1) is 13.6. The van der Waals surface area contributed by atoms with E-state index in [0.29, 0.717) is 0 Å². The molecule has 2 rings (SSSR count). The summed E-state index contributed by atoms with van der Waals surface area (Å²) in [6.07, 6.45) is 0.964. The highest BCUT2D eigenvalue weighted by atomic mass is 19.1. The smallest absolute Gasteiger partial charge is 0.123 e. The molecule has 0 heterocycles. The van der Waals surface area contributed by atoms with Crippen LogP contribution in [0.15, 0.2) is 48.5 Å². The fraction of sp³-hybridized carbons (Fsp3) is 0.250. The molecule has 2 N–H and O–H groups in total. The third kappa shape index (κ3) is 4.38. The largest absolute Gasteiger partial charge is 0.399 e. The van der Waals surface area contributed by atoms with Crippen LogP contribution in [-0.2, 0) is 13.0 Å². The Bertz CT molecular complexity index is 523. The highest BCUT2D eigenvalue weighted by molar-refractivity contribution is 5.39. The minimum absolute atomic E-state index is 0.176. The molecule has 0 atom stereocenters. The van der Waals surface area contributed by atoms with Crippen LogP contribution in [0.3, 0.4) is 0 Å². The Kier molecular flexibility index (Phi) is 4.53. The second-order valence-corrected chi connectivity index (χ2v) is 4.86. The van der Waals surface area contributed by atoms with Crippen molar-refractivity contribution in [2.24, 2.45) is 0 Å².